The third-order valence-corrected chi connectivity index (χ3v) is 2.64. The molecular formula is C10H6Cl2F3N3O. The molecule has 0 aliphatic carbocycles. The van der Waals surface area contributed by atoms with Gasteiger partial charge in [-0.3, -0.25) is 0 Å². The van der Waals surface area contributed by atoms with E-state index in [1.54, 1.807) is 0 Å². The Bertz CT molecular complexity index is 580. The van der Waals surface area contributed by atoms with E-state index >= 15 is 0 Å². The van der Waals surface area contributed by atoms with Crippen LogP contribution >= 0.6 is 23.2 Å². The van der Waals surface area contributed by atoms with Crippen molar-refractivity contribution in [3.8, 4) is 0 Å². The molecule has 0 aliphatic heterocycles. The van der Waals surface area contributed by atoms with Gasteiger partial charge in [-0.2, -0.15) is 18.2 Å². The summed E-state index contributed by atoms with van der Waals surface area (Å²) >= 11 is 11.6. The first kappa shape index (κ1) is 14.1. The summed E-state index contributed by atoms with van der Waals surface area (Å²) in [6, 6.07) is 3.37. The fourth-order valence-corrected chi connectivity index (χ4v) is 1.92. The summed E-state index contributed by atoms with van der Waals surface area (Å²) in [4.78, 5) is 3.20. The summed E-state index contributed by atoms with van der Waals surface area (Å²) in [7, 11) is 0. The highest BCUT2D eigenvalue weighted by Crippen LogP contribution is 2.30. The molecule has 4 nitrogen and oxygen atoms in total. The molecule has 2 rings (SSSR count). The van der Waals surface area contributed by atoms with Crippen molar-refractivity contribution < 1.29 is 17.7 Å². The molecule has 1 unspecified atom stereocenters. The third kappa shape index (κ3) is 3.17. The summed E-state index contributed by atoms with van der Waals surface area (Å²) in [5.41, 5.74) is 6.12. The van der Waals surface area contributed by atoms with Gasteiger partial charge in [0.2, 0.25) is 0 Å². The van der Waals surface area contributed by atoms with Crippen LogP contribution in [0.3, 0.4) is 0 Å². The monoisotopic (exact) mass is 311 g/mol. The van der Waals surface area contributed by atoms with E-state index < -0.39 is 18.1 Å². The second-order valence-electron chi connectivity index (χ2n) is 3.64. The Balaban J connectivity index is 2.33. The Hall–Kier alpha value is -1.31. The van der Waals surface area contributed by atoms with Gasteiger partial charge in [0.1, 0.15) is 0 Å². The Morgan fingerprint density at radius 2 is 1.74 bits per heavy atom. The second-order valence-corrected chi connectivity index (χ2v) is 4.51. The maximum absolute atomic E-state index is 12.3. The van der Waals surface area contributed by atoms with Crippen LogP contribution in [-0.4, -0.2) is 10.1 Å². The number of benzene rings is 1. The largest absolute Gasteiger partial charge is 0.471 e. The number of halogens is 5. The number of nitrogens with zero attached hydrogens (tertiary/aromatic N) is 2. The topological polar surface area (TPSA) is 64.9 Å². The maximum Gasteiger partial charge on any atom is 0.471 e. The molecule has 9 heteroatoms. The Labute approximate surface area is 115 Å². The average molecular weight is 312 g/mol. The molecule has 2 aromatic rings. The van der Waals surface area contributed by atoms with Gasteiger partial charge < -0.3 is 10.3 Å². The molecule has 0 aliphatic rings. The van der Waals surface area contributed by atoms with Crippen molar-refractivity contribution in [2.45, 2.75) is 12.2 Å². The number of nitrogens with two attached hydrogens (primary N) is 1. The maximum atomic E-state index is 12.3. The molecule has 0 saturated heterocycles. The first-order chi connectivity index (χ1) is 8.77. The van der Waals surface area contributed by atoms with Crippen LogP contribution in [0.15, 0.2) is 22.7 Å². The van der Waals surface area contributed by atoms with Crippen LogP contribution < -0.4 is 5.73 Å². The summed E-state index contributed by atoms with van der Waals surface area (Å²) in [5, 5.41) is 3.81. The van der Waals surface area contributed by atoms with Gasteiger partial charge in [0.25, 0.3) is 0 Å². The summed E-state index contributed by atoms with van der Waals surface area (Å²) < 4.78 is 41.0. The molecule has 0 radical (unpaired) electrons. The Kier molecular flexibility index (Phi) is 3.71. The van der Waals surface area contributed by atoms with Gasteiger partial charge in [-0.25, -0.2) is 0 Å². The van der Waals surface area contributed by atoms with Crippen LogP contribution in [0.2, 0.25) is 10.0 Å². The van der Waals surface area contributed by atoms with Crippen LogP contribution in [0, 0.1) is 0 Å². The molecule has 1 aromatic carbocycles. The first-order valence-corrected chi connectivity index (χ1v) is 5.65. The number of hydrogen-bond acceptors (Lipinski definition) is 4. The lowest BCUT2D eigenvalue weighted by molar-refractivity contribution is -0.159. The summed E-state index contributed by atoms with van der Waals surface area (Å²) in [5.74, 6) is -1.75. The predicted molar refractivity (Wildman–Crippen MR) is 61.8 cm³/mol. The van der Waals surface area contributed by atoms with Gasteiger partial charge in [-0.05, 0) is 23.8 Å². The lowest BCUT2D eigenvalue weighted by atomic mass is 10.1. The molecule has 0 amide bonds. The summed E-state index contributed by atoms with van der Waals surface area (Å²) in [6.07, 6.45) is -4.71. The molecule has 19 heavy (non-hydrogen) atoms. The standard InChI is InChI=1S/C10H6Cl2F3N3O/c11-5-1-4(2-6(12)3-5)7(16)8-17-9(19-18-8)10(13,14)15/h1-3,7H,16H2. The van der Waals surface area contributed by atoms with Crippen molar-refractivity contribution in [3.05, 3.63) is 45.5 Å². The van der Waals surface area contributed by atoms with Crippen LogP contribution in [-0.2, 0) is 6.18 Å². The zero-order chi connectivity index (χ0) is 14.2. The van der Waals surface area contributed by atoms with Crippen molar-refractivity contribution >= 4 is 23.2 Å². The highest BCUT2D eigenvalue weighted by Gasteiger charge is 2.39. The van der Waals surface area contributed by atoms with E-state index in [-0.39, 0.29) is 5.82 Å². The van der Waals surface area contributed by atoms with Gasteiger partial charge in [-0.15, -0.1) is 0 Å². The van der Waals surface area contributed by atoms with E-state index in [0.717, 1.165) is 0 Å². The molecule has 1 heterocycles. The van der Waals surface area contributed by atoms with E-state index in [4.69, 9.17) is 28.9 Å². The van der Waals surface area contributed by atoms with Crippen molar-refractivity contribution in [2.75, 3.05) is 0 Å². The normalized spacial score (nSPS) is 13.6. The zero-order valence-electron chi connectivity index (χ0n) is 9.08. The zero-order valence-corrected chi connectivity index (χ0v) is 10.6. The smallest absolute Gasteiger partial charge is 0.329 e. The van der Waals surface area contributed by atoms with Crippen molar-refractivity contribution in [1.29, 1.82) is 0 Å². The highest BCUT2D eigenvalue weighted by atomic mass is 35.5. The van der Waals surface area contributed by atoms with Gasteiger partial charge in [0.05, 0.1) is 6.04 Å². The third-order valence-electron chi connectivity index (χ3n) is 2.21. The van der Waals surface area contributed by atoms with Gasteiger partial charge in [0.15, 0.2) is 5.82 Å². The minimum absolute atomic E-state index is 0.300. The number of alkyl halides is 3. The lowest BCUT2D eigenvalue weighted by Gasteiger charge is -2.08. The highest BCUT2D eigenvalue weighted by molar-refractivity contribution is 6.34. The van der Waals surface area contributed by atoms with Crippen LogP contribution in [0.25, 0.3) is 0 Å². The number of aromatic nitrogens is 2. The minimum Gasteiger partial charge on any atom is -0.329 e. The molecule has 102 valence electrons. The van der Waals surface area contributed by atoms with E-state index in [0.29, 0.717) is 15.6 Å². The summed E-state index contributed by atoms with van der Waals surface area (Å²) in [6.45, 7) is 0. The molecule has 0 saturated carbocycles. The SMILES string of the molecule is NC(c1cc(Cl)cc(Cl)c1)c1noc(C(F)(F)F)n1. The van der Waals surface area contributed by atoms with Gasteiger partial charge >= 0.3 is 12.1 Å². The Morgan fingerprint density at radius 1 is 1.16 bits per heavy atom. The van der Waals surface area contributed by atoms with E-state index in [2.05, 4.69) is 14.7 Å². The fourth-order valence-electron chi connectivity index (χ4n) is 1.38. The average Bonchev–Trinajstić information content (AvgIpc) is 2.75. The molecule has 0 bridgehead atoms. The molecule has 1 aromatic heterocycles. The van der Waals surface area contributed by atoms with E-state index in [9.17, 15) is 13.2 Å². The van der Waals surface area contributed by atoms with Crippen molar-refractivity contribution in [2.24, 2.45) is 5.73 Å². The van der Waals surface area contributed by atoms with Crippen molar-refractivity contribution in [1.82, 2.24) is 10.1 Å². The van der Waals surface area contributed by atoms with Gasteiger partial charge in [-0.1, -0.05) is 28.4 Å². The number of rotatable bonds is 2. The molecule has 0 fully saturated rings. The molecule has 2 N–H and O–H groups in total. The first-order valence-electron chi connectivity index (χ1n) is 4.90. The van der Waals surface area contributed by atoms with Gasteiger partial charge in [0, 0.05) is 10.0 Å². The second kappa shape index (κ2) is 4.99. The van der Waals surface area contributed by atoms with Crippen LogP contribution in [0.5, 0.6) is 0 Å². The predicted octanol–water partition coefficient (Wildman–Crippen LogP) is 3.44. The number of hydrogen-bond donors (Lipinski definition) is 1. The quantitative estimate of drug-likeness (QED) is 0.922. The lowest BCUT2D eigenvalue weighted by Crippen LogP contribution is -2.14. The van der Waals surface area contributed by atoms with E-state index in [1.807, 2.05) is 0 Å². The molecule has 0 spiro atoms. The fraction of sp³-hybridized carbons (Fsp3) is 0.200. The van der Waals surface area contributed by atoms with Crippen molar-refractivity contribution in [3.63, 3.8) is 0 Å². The van der Waals surface area contributed by atoms with Crippen LogP contribution in [0.1, 0.15) is 23.3 Å². The molecule has 1 atom stereocenters. The minimum atomic E-state index is -4.71. The van der Waals surface area contributed by atoms with E-state index in [1.165, 1.54) is 18.2 Å². The Morgan fingerprint density at radius 3 is 2.21 bits per heavy atom. The van der Waals surface area contributed by atoms with Crippen LogP contribution in [0.4, 0.5) is 13.2 Å². The molecular weight excluding hydrogens is 306 g/mol.